The number of carbonyl (C=O) groups excluding carboxylic acids is 5. The molecular weight excluding hydrogens is 764 g/mol. The van der Waals surface area contributed by atoms with Crippen molar-refractivity contribution in [3.05, 3.63) is 71.8 Å². The molecule has 0 unspecified atom stereocenters. The largest absolute Gasteiger partial charge is 0.467 e. The number of alkyl halides is 3. The second-order valence-electron chi connectivity index (χ2n) is 15.5. The van der Waals surface area contributed by atoms with Crippen LogP contribution in [0.3, 0.4) is 0 Å². The number of rotatable bonds is 13. The van der Waals surface area contributed by atoms with E-state index in [1.165, 1.54) is 23.8 Å². The summed E-state index contributed by atoms with van der Waals surface area (Å²) in [6.07, 6.45) is 0.226. The Balaban J connectivity index is 1.19. The summed E-state index contributed by atoms with van der Waals surface area (Å²) in [5, 5.41) is 2.46. The highest BCUT2D eigenvalue weighted by molar-refractivity contribution is 8.00. The molecule has 4 saturated heterocycles. The molecule has 14 heteroatoms. The molecule has 2 aromatic carbocycles. The van der Waals surface area contributed by atoms with E-state index in [0.29, 0.717) is 56.5 Å². The van der Waals surface area contributed by atoms with Gasteiger partial charge in [0.05, 0.1) is 23.8 Å². The second-order valence-corrected chi connectivity index (χ2v) is 18.1. The number of ketones is 1. The number of carbonyl (C=O) groups is 5. The molecule has 0 aliphatic carbocycles. The molecule has 4 fully saturated rings. The van der Waals surface area contributed by atoms with Gasteiger partial charge in [0.15, 0.2) is 0 Å². The lowest BCUT2D eigenvalue weighted by Gasteiger charge is -2.40. The molecule has 0 radical (unpaired) electrons. The van der Waals surface area contributed by atoms with Crippen molar-refractivity contribution in [2.45, 2.75) is 106 Å². The van der Waals surface area contributed by atoms with Gasteiger partial charge in [0.2, 0.25) is 17.7 Å². The van der Waals surface area contributed by atoms with E-state index in [0.717, 1.165) is 24.0 Å². The van der Waals surface area contributed by atoms with Crippen LogP contribution in [0.15, 0.2) is 60.7 Å². The number of nitrogens with zero attached hydrogens (tertiary/aromatic N) is 2. The number of thioether (sulfide) groups is 2. The summed E-state index contributed by atoms with van der Waals surface area (Å²) in [5.74, 6) is -3.64. The van der Waals surface area contributed by atoms with E-state index in [2.05, 4.69) is 5.32 Å². The van der Waals surface area contributed by atoms with Gasteiger partial charge in [-0.25, -0.2) is 4.79 Å². The summed E-state index contributed by atoms with van der Waals surface area (Å²) in [6.45, 7) is -0.410. The van der Waals surface area contributed by atoms with Crippen molar-refractivity contribution in [1.29, 1.82) is 0 Å². The van der Waals surface area contributed by atoms with E-state index in [1.54, 1.807) is 16.7 Å². The first-order valence-corrected chi connectivity index (χ1v) is 21.9. The van der Waals surface area contributed by atoms with Gasteiger partial charge in [-0.05, 0) is 93.3 Å². The van der Waals surface area contributed by atoms with Crippen LogP contribution >= 0.6 is 23.5 Å². The first-order chi connectivity index (χ1) is 26.9. The van der Waals surface area contributed by atoms with Gasteiger partial charge in [0, 0.05) is 30.7 Å². The fourth-order valence-corrected chi connectivity index (χ4v) is 11.4. The third-order valence-corrected chi connectivity index (χ3v) is 14.5. The predicted molar refractivity (Wildman–Crippen MR) is 210 cm³/mol. The number of hydrogen-bond donors (Lipinski definition) is 1. The van der Waals surface area contributed by atoms with Gasteiger partial charge in [0.25, 0.3) is 0 Å². The summed E-state index contributed by atoms with van der Waals surface area (Å²) >= 11 is 3.12. The normalized spacial score (nSPS) is 26.9. The highest BCUT2D eigenvalue weighted by Gasteiger charge is 2.48. The number of halogens is 3. The standard InChI is InChI=1S/C42H52F3N3O6S2/c1-54-41(53)34-13-8-14-37-48(34)39(51)31(19-21-56-37)25-35(49)29(23-27-9-4-2-5-10-27)15-16-30(24-28-11-6-3-7-12-28)38(50)46-33-20-22-55-36-18-17-32(42(43,44)45)26-47(36)40(33)52/h2-7,9-12,29-34,36-37H,8,13-26H2,1H3,(H,46,50)/t29-,30-,31-,32-,33+,34+,36+,37+/m1/s1. The van der Waals surface area contributed by atoms with E-state index in [-0.39, 0.29) is 47.6 Å². The average Bonchev–Trinajstić information content (AvgIpc) is 3.45. The Morgan fingerprint density at radius 3 is 2.09 bits per heavy atom. The highest BCUT2D eigenvalue weighted by atomic mass is 32.2. The summed E-state index contributed by atoms with van der Waals surface area (Å²) in [6, 6.07) is 17.5. The Labute approximate surface area is 335 Å². The fraction of sp³-hybridized carbons (Fsp3) is 0.595. The van der Waals surface area contributed by atoms with Crippen molar-refractivity contribution in [1.82, 2.24) is 15.1 Å². The minimum atomic E-state index is -4.40. The van der Waals surface area contributed by atoms with Crippen LogP contribution in [0.2, 0.25) is 0 Å². The van der Waals surface area contributed by atoms with Crippen LogP contribution < -0.4 is 5.32 Å². The Kier molecular flexibility index (Phi) is 14.5. The molecule has 4 heterocycles. The van der Waals surface area contributed by atoms with Crippen molar-refractivity contribution in [3.63, 3.8) is 0 Å². The third kappa shape index (κ3) is 10.5. The molecular formula is C42H52F3N3O6S2. The molecule has 0 spiro atoms. The monoisotopic (exact) mass is 815 g/mol. The van der Waals surface area contributed by atoms with Crippen LogP contribution in [-0.4, -0.2) is 93.4 Å². The summed E-state index contributed by atoms with van der Waals surface area (Å²) in [4.78, 5) is 72.1. The Morgan fingerprint density at radius 2 is 1.43 bits per heavy atom. The minimum Gasteiger partial charge on any atom is -0.467 e. The lowest BCUT2D eigenvalue weighted by Crippen LogP contribution is -2.55. The third-order valence-electron chi connectivity index (χ3n) is 11.8. The first-order valence-electron chi connectivity index (χ1n) is 19.8. The topological polar surface area (TPSA) is 113 Å². The van der Waals surface area contributed by atoms with Crippen molar-refractivity contribution in [2.75, 3.05) is 25.2 Å². The van der Waals surface area contributed by atoms with Crippen LogP contribution in [0, 0.1) is 23.7 Å². The Bertz CT molecular complexity index is 1680. The Hall–Kier alpha value is -3.52. The average molecular weight is 816 g/mol. The maximum atomic E-state index is 14.4. The zero-order valence-corrected chi connectivity index (χ0v) is 33.4. The van der Waals surface area contributed by atoms with Crippen LogP contribution in [0.4, 0.5) is 13.2 Å². The quantitative estimate of drug-likeness (QED) is 0.219. The predicted octanol–water partition coefficient (Wildman–Crippen LogP) is 6.83. The molecule has 9 nitrogen and oxygen atoms in total. The van der Waals surface area contributed by atoms with E-state index in [9.17, 15) is 37.1 Å². The number of benzene rings is 2. The van der Waals surface area contributed by atoms with E-state index >= 15 is 0 Å². The van der Waals surface area contributed by atoms with Gasteiger partial charge in [-0.1, -0.05) is 60.7 Å². The van der Waals surface area contributed by atoms with Gasteiger partial charge in [-0.2, -0.15) is 13.2 Å². The van der Waals surface area contributed by atoms with Gasteiger partial charge in [-0.3, -0.25) is 19.2 Å². The molecule has 0 aromatic heterocycles. The lowest BCUT2D eigenvalue weighted by atomic mass is 9.82. The van der Waals surface area contributed by atoms with Gasteiger partial charge >= 0.3 is 12.1 Å². The van der Waals surface area contributed by atoms with E-state index < -0.39 is 60.4 Å². The van der Waals surface area contributed by atoms with Crippen LogP contribution in [0.5, 0.6) is 0 Å². The summed E-state index contributed by atoms with van der Waals surface area (Å²) in [7, 11) is 1.33. The van der Waals surface area contributed by atoms with Gasteiger partial charge in [-0.15, -0.1) is 23.5 Å². The molecule has 304 valence electrons. The number of piperidine rings is 2. The molecule has 4 aliphatic rings. The number of ether oxygens (including phenoxy) is 1. The number of esters is 1. The van der Waals surface area contributed by atoms with Crippen LogP contribution in [0.25, 0.3) is 0 Å². The van der Waals surface area contributed by atoms with Crippen LogP contribution in [0.1, 0.15) is 75.3 Å². The van der Waals surface area contributed by atoms with Crippen LogP contribution in [-0.2, 0) is 41.6 Å². The molecule has 56 heavy (non-hydrogen) atoms. The highest BCUT2D eigenvalue weighted by Crippen LogP contribution is 2.40. The molecule has 1 N–H and O–H groups in total. The summed E-state index contributed by atoms with van der Waals surface area (Å²) < 4.78 is 46.2. The summed E-state index contributed by atoms with van der Waals surface area (Å²) in [5.41, 5.74) is 1.86. The molecule has 4 aliphatic heterocycles. The zero-order valence-electron chi connectivity index (χ0n) is 31.8. The Morgan fingerprint density at radius 1 is 0.804 bits per heavy atom. The number of Topliss-reactive ketones (excluding diaryl/α,β-unsaturated/α-hetero) is 1. The van der Waals surface area contributed by atoms with Crippen molar-refractivity contribution < 1.29 is 41.9 Å². The van der Waals surface area contributed by atoms with Crippen molar-refractivity contribution in [2.24, 2.45) is 23.7 Å². The maximum Gasteiger partial charge on any atom is 0.393 e. The smallest absolute Gasteiger partial charge is 0.393 e. The van der Waals surface area contributed by atoms with E-state index in [4.69, 9.17) is 4.74 Å². The SMILES string of the molecule is COC(=O)[C@@H]1CCC[C@@H]2SCC[C@H](CC(=O)[C@H](CC[C@H](Cc3ccccc3)C(=O)N[C@H]3CCS[C@H]4CC[C@@H](C(F)(F)F)CN4C3=O)Cc3ccccc3)C(=O)N21. The minimum absolute atomic E-state index is 0.0215. The number of nitrogens with one attached hydrogen (secondary N) is 1. The lowest BCUT2D eigenvalue weighted by molar-refractivity contribution is -0.189. The number of fused-ring (bicyclic) bond motifs is 2. The number of hydrogen-bond acceptors (Lipinski definition) is 8. The van der Waals surface area contributed by atoms with Crippen molar-refractivity contribution in [3.8, 4) is 0 Å². The zero-order chi connectivity index (χ0) is 39.8. The molecule has 8 atom stereocenters. The molecule has 0 bridgehead atoms. The van der Waals surface area contributed by atoms with Crippen molar-refractivity contribution >= 4 is 53.0 Å². The van der Waals surface area contributed by atoms with E-state index in [1.807, 2.05) is 60.7 Å². The van der Waals surface area contributed by atoms with Gasteiger partial charge < -0.3 is 19.9 Å². The molecule has 0 saturated carbocycles. The number of methoxy groups -OCH3 is 1. The molecule has 6 rings (SSSR count). The second kappa shape index (κ2) is 19.3. The van der Waals surface area contributed by atoms with Gasteiger partial charge in [0.1, 0.15) is 17.9 Å². The number of amides is 3. The molecule has 2 aromatic rings. The molecule has 3 amide bonds. The first kappa shape index (κ1) is 42.1. The fourth-order valence-electron chi connectivity index (χ4n) is 8.66. The maximum absolute atomic E-state index is 14.4.